The average molecular weight is 975 g/mol. The first-order chi connectivity index (χ1) is 30.8. The molecule has 8 heteroatoms. The first-order valence-electron chi connectivity index (χ1n) is 22.8. The van der Waals surface area contributed by atoms with Gasteiger partial charge in [0.1, 0.15) is 0 Å². The zero-order chi connectivity index (χ0) is 47.0. The standard InChI is InChI=1S/C38H45N4.C14H6N3.Pt/c1-25(2)29-20-33(26(3)4)38(34(21-29)27(5)6)30-18-31(39-23-40(8)35-15-11-10-14-28(35)7)22-32(19-30)42-24-41(9)36-16-12-13-17-37(36)42;15-7-9-1-3-13-11(5-9)12-6-10(8-16)2-4-14(12)17-13;/h10-21,23-27,39H,1-9H3;1-6H;/q-3;-1;+4/i8D3,9D3;;. The SMILES string of the molecule is N#Cc1ccc2[n-]c3ccc(C#N)cc3c2c1.[2H]C([2H])([2H])N([CH-]Nc1[c-]c(N2[CH-]N(C([2H])([2H])[2H])c3ccccc32)cc(-c2c(C(C)C)cc(C(C)C)cc2C(C)C)c1)c1ccccc1C.[Pt+4]. The van der Waals surface area contributed by atoms with Gasteiger partial charge in [-0.2, -0.15) is 23.9 Å². The summed E-state index contributed by atoms with van der Waals surface area (Å²) < 4.78 is 49.6. The molecule has 0 amide bonds. The number of anilines is 5. The molecule has 1 aromatic heterocycles. The van der Waals surface area contributed by atoms with Gasteiger partial charge in [-0.15, -0.1) is 46.2 Å². The van der Waals surface area contributed by atoms with Crippen LogP contribution in [0.15, 0.2) is 109 Å². The Morgan fingerprint density at radius 3 is 1.92 bits per heavy atom. The summed E-state index contributed by atoms with van der Waals surface area (Å²) in [6, 6.07) is 41.9. The fourth-order valence-corrected chi connectivity index (χ4v) is 7.50. The van der Waals surface area contributed by atoms with Crippen LogP contribution < -0.4 is 25.0 Å². The van der Waals surface area contributed by atoms with Gasteiger partial charge < -0.3 is 25.0 Å². The molecule has 0 bridgehead atoms. The van der Waals surface area contributed by atoms with Crippen molar-refractivity contribution in [3.8, 4) is 23.3 Å². The van der Waals surface area contributed by atoms with Crippen molar-refractivity contribution in [3.05, 3.63) is 162 Å². The smallest absolute Gasteiger partial charge is 0.657 e. The first kappa shape index (κ1) is 35.9. The number of aromatic nitrogens is 1. The number of hydrogen-bond donors (Lipinski definition) is 1. The number of nitriles is 2. The molecule has 304 valence electrons. The fraction of sp³-hybridized carbons (Fsp3) is 0.231. The second kappa shape index (κ2) is 18.5. The number of rotatable bonds is 9. The van der Waals surface area contributed by atoms with Crippen molar-refractivity contribution in [1.82, 2.24) is 4.98 Å². The zero-order valence-electron chi connectivity index (χ0n) is 40.8. The number of fused-ring (bicyclic) bond motifs is 4. The molecule has 7 aromatic rings. The van der Waals surface area contributed by atoms with Crippen molar-refractivity contribution in [3.63, 3.8) is 0 Å². The normalized spacial score (nSPS) is 13.9. The average Bonchev–Trinajstić information content (AvgIpc) is 3.85. The Bertz CT molecular complexity index is 2860. The van der Waals surface area contributed by atoms with Gasteiger partial charge in [0, 0.05) is 25.3 Å². The van der Waals surface area contributed by atoms with E-state index < -0.39 is 14.0 Å². The molecular formula is C52H51N7Pt. The first-order valence-corrected chi connectivity index (χ1v) is 19.8. The summed E-state index contributed by atoms with van der Waals surface area (Å²) in [5.74, 6) is 0.808. The van der Waals surface area contributed by atoms with Gasteiger partial charge in [0.05, 0.1) is 23.3 Å². The Kier molecular flexibility index (Phi) is 11.1. The van der Waals surface area contributed by atoms with Crippen molar-refractivity contribution in [2.75, 3.05) is 34.0 Å². The van der Waals surface area contributed by atoms with Gasteiger partial charge in [0.25, 0.3) is 0 Å². The van der Waals surface area contributed by atoms with Crippen LogP contribution >= 0.6 is 0 Å². The van der Waals surface area contributed by atoms with Crippen LogP contribution in [-0.2, 0) is 21.1 Å². The van der Waals surface area contributed by atoms with E-state index in [1.165, 1.54) is 33.2 Å². The molecule has 7 nitrogen and oxygen atoms in total. The molecule has 0 radical (unpaired) electrons. The van der Waals surface area contributed by atoms with Crippen molar-refractivity contribution in [2.45, 2.75) is 66.2 Å². The maximum absolute atomic E-state index is 8.88. The molecule has 1 N–H and O–H groups in total. The number of benzene rings is 6. The number of aryl methyl sites for hydroxylation is 1. The van der Waals surface area contributed by atoms with Gasteiger partial charge >= 0.3 is 21.1 Å². The minimum atomic E-state index is -2.45. The second-order valence-electron chi connectivity index (χ2n) is 15.8. The zero-order valence-corrected chi connectivity index (χ0v) is 37.1. The Balaban J connectivity index is 0.000000332. The molecule has 0 atom stereocenters. The Hall–Kier alpha value is -6.01. The van der Waals surface area contributed by atoms with Crippen LogP contribution in [0.2, 0.25) is 0 Å². The van der Waals surface area contributed by atoms with Gasteiger partial charge in [0.15, 0.2) is 0 Å². The maximum Gasteiger partial charge on any atom is 4.00 e. The van der Waals surface area contributed by atoms with Crippen molar-refractivity contribution in [2.24, 2.45) is 0 Å². The van der Waals surface area contributed by atoms with Gasteiger partial charge in [-0.3, -0.25) is 0 Å². The van der Waals surface area contributed by atoms with E-state index in [1.54, 1.807) is 30.9 Å². The van der Waals surface area contributed by atoms with E-state index in [2.05, 4.69) is 82.2 Å². The van der Waals surface area contributed by atoms with E-state index in [4.69, 9.17) is 18.7 Å². The molecule has 2 heterocycles. The number of hydrogen-bond acceptors (Lipinski definition) is 6. The Labute approximate surface area is 379 Å². The molecule has 0 aliphatic carbocycles. The van der Waals surface area contributed by atoms with E-state index in [0.29, 0.717) is 45.5 Å². The van der Waals surface area contributed by atoms with Crippen molar-refractivity contribution >= 4 is 50.2 Å². The summed E-state index contributed by atoms with van der Waals surface area (Å²) in [5, 5.41) is 22.9. The van der Waals surface area contributed by atoms with Crippen LogP contribution in [0.5, 0.6) is 0 Å². The van der Waals surface area contributed by atoms with E-state index in [9.17, 15) is 0 Å². The van der Waals surface area contributed by atoms with E-state index >= 15 is 0 Å². The number of para-hydroxylation sites is 3. The van der Waals surface area contributed by atoms with Gasteiger partial charge in [-0.1, -0.05) is 96.1 Å². The number of nitrogens with one attached hydrogen (secondary N) is 1. The monoisotopic (exact) mass is 974 g/mol. The second-order valence-corrected chi connectivity index (χ2v) is 15.8. The molecule has 0 spiro atoms. The molecule has 6 aromatic carbocycles. The van der Waals surface area contributed by atoms with Crippen LogP contribution in [0.3, 0.4) is 0 Å². The molecule has 60 heavy (non-hydrogen) atoms. The predicted octanol–water partition coefficient (Wildman–Crippen LogP) is 12.9. The van der Waals surface area contributed by atoms with Crippen LogP contribution in [0, 0.1) is 49.0 Å². The van der Waals surface area contributed by atoms with Crippen molar-refractivity contribution < 1.29 is 29.3 Å². The van der Waals surface area contributed by atoms with E-state index in [1.807, 2.05) is 84.6 Å². The van der Waals surface area contributed by atoms with Gasteiger partial charge in [-0.25, -0.2) is 0 Å². The molecular weight excluding hydrogens is 918 g/mol. The van der Waals surface area contributed by atoms with Gasteiger partial charge in [-0.05, 0) is 120 Å². The Morgan fingerprint density at radius 2 is 1.37 bits per heavy atom. The molecule has 0 unspecified atom stereocenters. The molecule has 0 fully saturated rings. The van der Waals surface area contributed by atoms with E-state index in [0.717, 1.165) is 38.5 Å². The van der Waals surface area contributed by atoms with Crippen molar-refractivity contribution in [1.29, 1.82) is 10.5 Å². The summed E-state index contributed by atoms with van der Waals surface area (Å²) in [7, 11) is 0. The van der Waals surface area contributed by atoms with Crippen LogP contribution in [0.25, 0.3) is 32.9 Å². The molecule has 0 saturated heterocycles. The number of nitrogens with zero attached hydrogens (tertiary/aromatic N) is 6. The third kappa shape index (κ3) is 8.94. The topological polar surface area (TPSA) is 83.4 Å². The van der Waals surface area contributed by atoms with Crippen LogP contribution in [0.4, 0.5) is 28.4 Å². The summed E-state index contributed by atoms with van der Waals surface area (Å²) in [4.78, 5) is 8.84. The van der Waals surface area contributed by atoms with Crippen LogP contribution in [-0.4, -0.2) is 14.0 Å². The summed E-state index contributed by atoms with van der Waals surface area (Å²) in [6.45, 7) is 13.3. The minimum absolute atomic E-state index is 0. The molecule has 1 aliphatic heterocycles. The third-order valence-electron chi connectivity index (χ3n) is 10.7. The fourth-order valence-electron chi connectivity index (χ4n) is 7.50. The van der Waals surface area contributed by atoms with E-state index in [-0.39, 0.29) is 32.9 Å². The summed E-state index contributed by atoms with van der Waals surface area (Å²) >= 11 is 0. The molecule has 8 rings (SSSR count). The molecule has 1 aliphatic rings. The summed E-state index contributed by atoms with van der Waals surface area (Å²) in [6.07, 6.45) is 0. The van der Waals surface area contributed by atoms with Crippen LogP contribution in [0.1, 0.15) is 101 Å². The third-order valence-corrected chi connectivity index (χ3v) is 10.7. The summed E-state index contributed by atoms with van der Waals surface area (Å²) in [5.41, 5.74) is 12.5. The molecule has 0 saturated carbocycles. The quantitative estimate of drug-likeness (QED) is 0.144. The van der Waals surface area contributed by atoms with Gasteiger partial charge in [0.2, 0.25) is 0 Å². The predicted molar refractivity (Wildman–Crippen MR) is 246 cm³/mol. The Morgan fingerprint density at radius 1 is 0.767 bits per heavy atom. The maximum atomic E-state index is 8.88. The largest absolute Gasteiger partial charge is 4.00 e. The minimum Gasteiger partial charge on any atom is -0.657 e.